The summed E-state index contributed by atoms with van der Waals surface area (Å²) in [5, 5.41) is 0. The van der Waals surface area contributed by atoms with E-state index in [4.69, 9.17) is 5.73 Å². The Labute approximate surface area is 130 Å². The second kappa shape index (κ2) is 5.43. The lowest BCUT2D eigenvalue weighted by Gasteiger charge is -2.30. The number of hydrogen-bond acceptors (Lipinski definition) is 2. The Kier molecular flexibility index (Phi) is 3.95. The highest BCUT2D eigenvalue weighted by Gasteiger charge is 2.47. The SMILES string of the molecule is CC(N)C1(c2ccc(C3CCN(C)CC3)c(Br)c2)CC1. The van der Waals surface area contributed by atoms with E-state index in [0.717, 1.165) is 0 Å². The van der Waals surface area contributed by atoms with E-state index in [2.05, 4.69) is 53.0 Å². The maximum absolute atomic E-state index is 6.19. The molecule has 1 aromatic rings. The molecule has 1 atom stereocenters. The van der Waals surface area contributed by atoms with Gasteiger partial charge in [-0.1, -0.05) is 28.1 Å². The molecule has 1 aromatic carbocycles. The van der Waals surface area contributed by atoms with Crippen molar-refractivity contribution in [3.05, 3.63) is 33.8 Å². The molecular formula is C17H25BrN2. The van der Waals surface area contributed by atoms with Gasteiger partial charge in [0.2, 0.25) is 0 Å². The van der Waals surface area contributed by atoms with Crippen molar-refractivity contribution in [1.82, 2.24) is 4.90 Å². The Bertz CT molecular complexity index is 486. The van der Waals surface area contributed by atoms with Crippen LogP contribution in [0.5, 0.6) is 0 Å². The van der Waals surface area contributed by atoms with Crippen LogP contribution in [0.1, 0.15) is 49.7 Å². The van der Waals surface area contributed by atoms with Crippen LogP contribution < -0.4 is 5.73 Å². The van der Waals surface area contributed by atoms with Gasteiger partial charge in [0.25, 0.3) is 0 Å². The number of likely N-dealkylation sites (tertiary alicyclic amines) is 1. The monoisotopic (exact) mass is 336 g/mol. The third-order valence-corrected chi connectivity index (χ3v) is 6.08. The van der Waals surface area contributed by atoms with Crippen LogP contribution >= 0.6 is 15.9 Å². The van der Waals surface area contributed by atoms with Gasteiger partial charge in [-0.05, 0) is 75.9 Å². The topological polar surface area (TPSA) is 29.3 Å². The van der Waals surface area contributed by atoms with E-state index in [0.29, 0.717) is 5.92 Å². The maximum atomic E-state index is 6.19. The number of nitrogens with two attached hydrogens (primary N) is 1. The van der Waals surface area contributed by atoms with Crippen LogP contribution in [0.4, 0.5) is 0 Å². The first-order valence-electron chi connectivity index (χ1n) is 7.77. The highest BCUT2D eigenvalue weighted by Crippen LogP contribution is 2.51. The lowest BCUT2D eigenvalue weighted by Crippen LogP contribution is -2.31. The highest BCUT2D eigenvalue weighted by molar-refractivity contribution is 9.10. The van der Waals surface area contributed by atoms with Crippen molar-refractivity contribution in [3.8, 4) is 0 Å². The van der Waals surface area contributed by atoms with E-state index < -0.39 is 0 Å². The number of hydrogen-bond donors (Lipinski definition) is 1. The molecule has 3 heteroatoms. The molecule has 1 aliphatic heterocycles. The standard InChI is InChI=1S/C17H25BrN2/c1-12(19)17(7-8-17)14-3-4-15(16(18)11-14)13-5-9-20(2)10-6-13/h3-4,11-13H,5-10,19H2,1-2H3. The van der Waals surface area contributed by atoms with Crippen LogP contribution in [-0.2, 0) is 5.41 Å². The van der Waals surface area contributed by atoms with Gasteiger partial charge in [0, 0.05) is 15.9 Å². The minimum Gasteiger partial charge on any atom is -0.327 e. The van der Waals surface area contributed by atoms with Gasteiger partial charge in [-0.15, -0.1) is 0 Å². The Hall–Kier alpha value is -0.380. The van der Waals surface area contributed by atoms with E-state index >= 15 is 0 Å². The first-order chi connectivity index (χ1) is 9.53. The first-order valence-corrected chi connectivity index (χ1v) is 8.56. The summed E-state index contributed by atoms with van der Waals surface area (Å²) < 4.78 is 1.29. The Morgan fingerprint density at radius 1 is 1.30 bits per heavy atom. The molecule has 0 aromatic heterocycles. The van der Waals surface area contributed by atoms with E-state index in [-0.39, 0.29) is 11.5 Å². The van der Waals surface area contributed by atoms with Gasteiger partial charge >= 0.3 is 0 Å². The molecule has 2 fully saturated rings. The van der Waals surface area contributed by atoms with Crippen molar-refractivity contribution in [2.24, 2.45) is 5.73 Å². The Morgan fingerprint density at radius 2 is 1.95 bits per heavy atom. The van der Waals surface area contributed by atoms with Gasteiger partial charge < -0.3 is 10.6 Å². The summed E-state index contributed by atoms with van der Waals surface area (Å²) in [4.78, 5) is 2.42. The van der Waals surface area contributed by atoms with Crippen LogP contribution in [0.2, 0.25) is 0 Å². The van der Waals surface area contributed by atoms with Crippen LogP contribution in [0.25, 0.3) is 0 Å². The maximum Gasteiger partial charge on any atom is 0.0213 e. The van der Waals surface area contributed by atoms with Crippen molar-refractivity contribution in [3.63, 3.8) is 0 Å². The zero-order chi connectivity index (χ0) is 14.3. The summed E-state index contributed by atoms with van der Waals surface area (Å²) in [6.45, 7) is 4.57. The van der Waals surface area contributed by atoms with Crippen LogP contribution in [-0.4, -0.2) is 31.1 Å². The summed E-state index contributed by atoms with van der Waals surface area (Å²) in [5.41, 5.74) is 9.36. The summed E-state index contributed by atoms with van der Waals surface area (Å²) in [6, 6.07) is 7.26. The predicted molar refractivity (Wildman–Crippen MR) is 88.2 cm³/mol. The van der Waals surface area contributed by atoms with Crippen molar-refractivity contribution >= 4 is 15.9 Å². The number of piperidine rings is 1. The molecule has 1 saturated heterocycles. The minimum atomic E-state index is 0.253. The van der Waals surface area contributed by atoms with Gasteiger partial charge in [-0.25, -0.2) is 0 Å². The highest BCUT2D eigenvalue weighted by atomic mass is 79.9. The first kappa shape index (κ1) is 14.6. The third-order valence-electron chi connectivity index (χ3n) is 5.39. The Morgan fingerprint density at radius 3 is 2.45 bits per heavy atom. The Balaban J connectivity index is 1.82. The van der Waals surface area contributed by atoms with Crippen LogP contribution in [0.15, 0.2) is 22.7 Å². The largest absolute Gasteiger partial charge is 0.327 e. The van der Waals surface area contributed by atoms with Crippen molar-refractivity contribution in [1.29, 1.82) is 0 Å². The predicted octanol–water partition coefficient (Wildman–Crippen LogP) is 3.64. The number of halogens is 1. The quantitative estimate of drug-likeness (QED) is 0.912. The second-order valence-electron chi connectivity index (χ2n) is 6.76. The van der Waals surface area contributed by atoms with Crippen molar-refractivity contribution in [2.45, 2.75) is 50.0 Å². The molecule has 2 aliphatic rings. The fourth-order valence-electron chi connectivity index (χ4n) is 3.63. The van der Waals surface area contributed by atoms with E-state index in [1.165, 1.54) is 54.4 Å². The average molecular weight is 337 g/mol. The van der Waals surface area contributed by atoms with Gasteiger partial charge in [0.15, 0.2) is 0 Å². The van der Waals surface area contributed by atoms with Gasteiger partial charge in [-0.3, -0.25) is 0 Å². The fraction of sp³-hybridized carbons (Fsp3) is 0.647. The average Bonchev–Trinajstić information content (AvgIpc) is 3.21. The molecule has 3 rings (SSSR count). The molecule has 1 saturated carbocycles. The molecule has 1 unspecified atom stereocenters. The second-order valence-corrected chi connectivity index (χ2v) is 7.61. The summed E-state index contributed by atoms with van der Waals surface area (Å²) in [6.07, 6.45) is 5.02. The van der Waals surface area contributed by atoms with Crippen LogP contribution in [0, 0.1) is 0 Å². The molecule has 1 aliphatic carbocycles. The van der Waals surface area contributed by atoms with E-state index in [1.54, 1.807) is 0 Å². The molecule has 110 valence electrons. The number of nitrogens with zero attached hydrogens (tertiary/aromatic N) is 1. The summed E-state index contributed by atoms with van der Waals surface area (Å²) in [5.74, 6) is 0.708. The van der Waals surface area contributed by atoms with Crippen LogP contribution in [0.3, 0.4) is 0 Å². The van der Waals surface area contributed by atoms with Gasteiger partial charge in [-0.2, -0.15) is 0 Å². The normalized spacial score (nSPS) is 24.6. The molecule has 2 nitrogen and oxygen atoms in total. The zero-order valence-corrected chi connectivity index (χ0v) is 14.1. The molecule has 0 amide bonds. The molecule has 20 heavy (non-hydrogen) atoms. The molecule has 2 N–H and O–H groups in total. The van der Waals surface area contributed by atoms with E-state index in [9.17, 15) is 0 Å². The smallest absolute Gasteiger partial charge is 0.0213 e. The number of rotatable bonds is 3. The summed E-state index contributed by atoms with van der Waals surface area (Å²) >= 11 is 3.81. The zero-order valence-electron chi connectivity index (χ0n) is 12.5. The lowest BCUT2D eigenvalue weighted by molar-refractivity contribution is 0.255. The molecule has 0 radical (unpaired) electrons. The van der Waals surface area contributed by atoms with Crippen molar-refractivity contribution in [2.75, 3.05) is 20.1 Å². The van der Waals surface area contributed by atoms with Gasteiger partial charge in [0.05, 0.1) is 0 Å². The third kappa shape index (κ3) is 2.56. The molecule has 0 bridgehead atoms. The van der Waals surface area contributed by atoms with Gasteiger partial charge in [0.1, 0.15) is 0 Å². The molecule has 1 heterocycles. The lowest BCUT2D eigenvalue weighted by atomic mass is 9.85. The molecule has 0 spiro atoms. The van der Waals surface area contributed by atoms with Crippen molar-refractivity contribution < 1.29 is 0 Å². The number of benzene rings is 1. The fourth-order valence-corrected chi connectivity index (χ4v) is 4.33. The molecular weight excluding hydrogens is 312 g/mol. The van der Waals surface area contributed by atoms with E-state index in [1.807, 2.05) is 0 Å². The minimum absolute atomic E-state index is 0.253. The summed E-state index contributed by atoms with van der Waals surface area (Å²) in [7, 11) is 2.22.